The predicted octanol–water partition coefficient (Wildman–Crippen LogP) is -3.39. The van der Waals surface area contributed by atoms with Crippen LogP contribution in [0.15, 0.2) is 0 Å². The van der Waals surface area contributed by atoms with E-state index in [2.05, 4.69) is 25.2 Å². The first kappa shape index (κ1) is 11.4. The molecule has 7 heteroatoms. The van der Waals surface area contributed by atoms with E-state index in [1.165, 1.54) is 0 Å². The van der Waals surface area contributed by atoms with Crippen LogP contribution in [-0.2, 0) is 7.30 Å². The monoisotopic (exact) mass is 162 g/mol. The fourth-order valence-electron chi connectivity index (χ4n) is 0. The molecule has 0 radical (unpaired) electrons. The summed E-state index contributed by atoms with van der Waals surface area (Å²) in [5.41, 5.74) is 0. The Bertz CT molecular complexity index is 52.0. The maximum atomic E-state index is 8.52. The normalized spacial score (nSPS) is 6.38. The zero-order valence-electron chi connectivity index (χ0n) is 4.42. The molecule has 0 unspecified atom stereocenters. The van der Waals surface area contributed by atoms with E-state index in [4.69, 9.17) is 14.1 Å². The summed E-state index contributed by atoms with van der Waals surface area (Å²) in [4.78, 5) is 17.0. The van der Waals surface area contributed by atoms with E-state index in [9.17, 15) is 0 Å². The molecular formula is CH4Al2O4Si. The van der Waals surface area contributed by atoms with E-state index in [1.54, 1.807) is 0 Å². The van der Waals surface area contributed by atoms with Crippen molar-refractivity contribution in [2.75, 3.05) is 0 Å². The molecule has 42 valence electrons. The summed E-state index contributed by atoms with van der Waals surface area (Å²) in [5, 5.41) is 0. The van der Waals surface area contributed by atoms with Gasteiger partial charge in [0.2, 0.25) is 0 Å². The van der Waals surface area contributed by atoms with Crippen LogP contribution >= 0.6 is 0 Å². The van der Waals surface area contributed by atoms with Gasteiger partial charge in [0.05, 0.1) is 0 Å². The first-order valence-electron chi connectivity index (χ1n) is 1.84. The maximum absolute atomic E-state index is 8.52. The quantitative estimate of drug-likeness (QED) is 0.377. The van der Waals surface area contributed by atoms with Crippen molar-refractivity contribution in [1.82, 2.24) is 0 Å². The van der Waals surface area contributed by atoms with Crippen LogP contribution in [0.5, 0.6) is 0 Å². The molecule has 0 aliphatic rings. The van der Waals surface area contributed by atoms with Gasteiger partial charge in [0.25, 0.3) is 0 Å². The van der Waals surface area contributed by atoms with E-state index >= 15 is 0 Å². The third-order valence-electron chi connectivity index (χ3n) is 0.167. The van der Waals surface area contributed by atoms with Crippen LogP contribution in [-0.4, -0.2) is 41.3 Å². The molecule has 8 heavy (non-hydrogen) atoms. The minimum absolute atomic E-state index is 0.113. The van der Waals surface area contributed by atoms with Crippen LogP contribution in [0.25, 0.3) is 0 Å². The Balaban J connectivity index is 0. The second-order valence-electron chi connectivity index (χ2n) is 0.705. The molecule has 0 fully saturated rings. The average molecular weight is 162 g/mol. The summed E-state index contributed by atoms with van der Waals surface area (Å²) >= 11 is 2.10. The van der Waals surface area contributed by atoms with E-state index in [0.29, 0.717) is 0 Å². The van der Waals surface area contributed by atoms with Gasteiger partial charge in [0, 0.05) is 9.17 Å². The van der Waals surface area contributed by atoms with Crippen molar-refractivity contribution in [2.24, 2.45) is 0 Å². The molecule has 0 amide bonds. The van der Waals surface area contributed by atoms with E-state index in [1.807, 2.05) is 0 Å². The van der Waals surface area contributed by atoms with Gasteiger partial charge in [-0.1, -0.05) is 0 Å². The summed E-state index contributed by atoms with van der Waals surface area (Å²) in [6.45, 7) is 0. The second-order valence-corrected chi connectivity index (χ2v) is 3.12. The molecule has 0 aromatic rings. The second kappa shape index (κ2) is 10.6. The molecule has 0 bridgehead atoms. The minimum atomic E-state index is -3.63. The summed E-state index contributed by atoms with van der Waals surface area (Å²) < 4.78 is 13.1. The first-order chi connectivity index (χ1) is 3.65. The van der Waals surface area contributed by atoms with Crippen molar-refractivity contribution in [3.05, 3.63) is 0 Å². The zero-order valence-corrected chi connectivity index (χ0v) is 7.99. The van der Waals surface area contributed by atoms with Crippen LogP contribution in [0.2, 0.25) is 5.79 Å². The van der Waals surface area contributed by atoms with E-state index in [-0.39, 0.29) is 15.6 Å². The molecular weight excluding hydrogens is 158 g/mol. The van der Waals surface area contributed by atoms with Crippen molar-refractivity contribution in [3.8, 4) is 0 Å². The first-order valence-corrected chi connectivity index (χ1v) is 5.53. The zero-order chi connectivity index (χ0) is 6.99. The number of hydrogen-bond donors (Lipinski definition) is 0. The summed E-state index contributed by atoms with van der Waals surface area (Å²) in [7, 11) is -3.63. The number of hydrogen-bond acceptors (Lipinski definition) is 4. The van der Waals surface area contributed by atoms with Gasteiger partial charge >= 0.3 is 40.8 Å². The molecule has 0 N–H and O–H groups in total. The van der Waals surface area contributed by atoms with Crippen molar-refractivity contribution >= 4 is 41.3 Å². The Morgan fingerprint density at radius 1 is 1.75 bits per heavy atom. The molecule has 0 aliphatic heterocycles. The van der Waals surface area contributed by atoms with Gasteiger partial charge < -0.3 is 14.1 Å². The molecule has 0 saturated heterocycles. The topological polar surface area (TPSA) is 72.4 Å². The third kappa shape index (κ3) is 78.4. The number of rotatable bonds is 1. The molecule has 0 rings (SSSR count). The van der Waals surface area contributed by atoms with Crippen LogP contribution in [0.1, 0.15) is 0 Å². The summed E-state index contributed by atoms with van der Waals surface area (Å²) in [6, 6.07) is 0. The van der Waals surface area contributed by atoms with Gasteiger partial charge in [0.15, 0.2) is 0 Å². The molecule has 0 aromatic heterocycles. The summed E-state index contributed by atoms with van der Waals surface area (Å²) in [5.74, 6) is 2.08. The van der Waals surface area contributed by atoms with Crippen molar-refractivity contribution in [2.45, 2.75) is 5.79 Å². The molecule has 0 heterocycles. The van der Waals surface area contributed by atoms with E-state index in [0.717, 1.165) is 0 Å². The van der Waals surface area contributed by atoms with Crippen LogP contribution < -0.4 is 9.59 Å². The van der Waals surface area contributed by atoms with Gasteiger partial charge in [-0.05, 0) is 0 Å². The summed E-state index contributed by atoms with van der Waals surface area (Å²) in [6.07, 6.45) is 0. The van der Waals surface area contributed by atoms with Gasteiger partial charge in [-0.15, -0.1) is 0 Å². The van der Waals surface area contributed by atoms with Gasteiger partial charge in [0.1, 0.15) is 0 Å². The average Bonchev–Trinajstić information content (AvgIpc) is 1.65. The Morgan fingerprint density at radius 3 is 1.88 bits per heavy atom. The van der Waals surface area contributed by atoms with Gasteiger partial charge in [-0.3, -0.25) is 0 Å². The van der Waals surface area contributed by atoms with Crippen LogP contribution in [0, 0.1) is 0 Å². The third-order valence-corrected chi connectivity index (χ3v) is 1.50. The molecule has 0 aromatic carbocycles. The van der Waals surface area contributed by atoms with Crippen molar-refractivity contribution < 1.29 is 16.9 Å². The van der Waals surface area contributed by atoms with Crippen LogP contribution in [0.4, 0.5) is 0 Å². The Labute approximate surface area is 64.2 Å². The van der Waals surface area contributed by atoms with Crippen molar-refractivity contribution in [3.63, 3.8) is 0 Å². The standard InChI is InChI=1S/CH3.2Al.O3Si.O.H/c;;;1-4(2)3;;/h1H3;;;;;/q;;+2;-2;;. The van der Waals surface area contributed by atoms with Crippen molar-refractivity contribution in [1.29, 1.82) is 0 Å². The molecule has 0 atom stereocenters. The SMILES string of the molecule is O=[Si]([O-])[O-].[CH3][AlH][O][Al+2]. The van der Waals surface area contributed by atoms with Crippen LogP contribution in [0.3, 0.4) is 0 Å². The molecule has 0 saturated carbocycles. The Morgan fingerprint density at radius 2 is 1.88 bits per heavy atom. The molecule has 0 aliphatic carbocycles. The Hall–Kier alpha value is 0.642. The predicted molar refractivity (Wildman–Crippen MR) is 26.3 cm³/mol. The fourth-order valence-corrected chi connectivity index (χ4v) is 0. The fraction of sp³-hybridized carbons (Fsp3) is 1.00. The van der Waals surface area contributed by atoms with E-state index < -0.39 is 9.17 Å². The van der Waals surface area contributed by atoms with Gasteiger partial charge in [-0.25, -0.2) is 0 Å². The molecule has 4 nitrogen and oxygen atoms in total. The Kier molecular flexibility index (Phi) is 15.1. The molecule has 0 spiro atoms. The van der Waals surface area contributed by atoms with Gasteiger partial charge in [-0.2, -0.15) is 0 Å².